The Morgan fingerprint density at radius 2 is 1.88 bits per heavy atom. The molecule has 40 heavy (non-hydrogen) atoms. The molecule has 7 rings (SSSR count). The third-order valence-corrected chi connectivity index (χ3v) is 9.54. The van der Waals surface area contributed by atoms with Crippen LogP contribution in [-0.4, -0.2) is 38.4 Å². The van der Waals surface area contributed by atoms with Crippen molar-refractivity contribution < 1.29 is 26.8 Å². The van der Waals surface area contributed by atoms with Gasteiger partial charge in [-0.05, 0) is 78.0 Å². The van der Waals surface area contributed by atoms with Gasteiger partial charge in [-0.25, -0.2) is 12.8 Å². The minimum atomic E-state index is -3.74. The van der Waals surface area contributed by atoms with Gasteiger partial charge >= 0.3 is 0 Å². The second-order valence-corrected chi connectivity index (χ2v) is 13.2. The molecule has 3 fully saturated rings. The molecule has 2 heterocycles. The number of hydrogen-bond acceptors (Lipinski definition) is 6. The van der Waals surface area contributed by atoms with E-state index in [9.17, 15) is 22.4 Å². The first-order chi connectivity index (χ1) is 19.0. The van der Waals surface area contributed by atoms with Crippen molar-refractivity contribution in [2.24, 2.45) is 16.7 Å². The second-order valence-electron chi connectivity index (χ2n) is 11.4. The number of halogens is 1. The highest BCUT2D eigenvalue weighted by molar-refractivity contribution is 7.92. The molecule has 0 bridgehead atoms. The van der Waals surface area contributed by atoms with Crippen molar-refractivity contribution in [1.29, 1.82) is 0 Å². The highest BCUT2D eigenvalue weighted by Crippen LogP contribution is 2.95. The summed E-state index contributed by atoms with van der Waals surface area (Å²) in [4.78, 5) is 30.8. The fourth-order valence-electron chi connectivity index (χ4n) is 6.92. The lowest BCUT2D eigenvalue weighted by atomic mass is 9.80. The number of nitrogens with one attached hydrogen (secondary N) is 2. The van der Waals surface area contributed by atoms with Gasteiger partial charge in [-0.2, -0.15) is 4.98 Å². The molecule has 2 aromatic carbocycles. The van der Waals surface area contributed by atoms with E-state index in [1.165, 1.54) is 37.7 Å². The molecule has 0 aliphatic heterocycles. The summed E-state index contributed by atoms with van der Waals surface area (Å²) in [7, 11) is -2.26. The SMILES string of the molecule is CNC(=O)c1c(-c2ccc(F)cc2)oc2nc(NS(C)(=O)=O)c(-c3cccc(C(=O)CC45CC6CC64C5)c3)cc12. The molecule has 1 spiro atoms. The highest BCUT2D eigenvalue weighted by atomic mass is 32.2. The molecular weight excluding hydrogens is 533 g/mol. The minimum absolute atomic E-state index is 0.00187. The van der Waals surface area contributed by atoms with Gasteiger partial charge in [0.2, 0.25) is 15.7 Å². The summed E-state index contributed by atoms with van der Waals surface area (Å²) >= 11 is 0. The number of rotatable bonds is 8. The summed E-state index contributed by atoms with van der Waals surface area (Å²) in [6, 6.07) is 14.2. The maximum absolute atomic E-state index is 13.6. The first-order valence-electron chi connectivity index (χ1n) is 13.1. The minimum Gasteiger partial charge on any atom is -0.437 e. The van der Waals surface area contributed by atoms with Crippen LogP contribution in [0.2, 0.25) is 0 Å². The molecule has 3 unspecified atom stereocenters. The van der Waals surface area contributed by atoms with E-state index in [2.05, 4.69) is 15.0 Å². The van der Waals surface area contributed by atoms with E-state index in [-0.39, 0.29) is 34.1 Å². The number of sulfonamides is 1. The van der Waals surface area contributed by atoms with Crippen LogP contribution in [0.4, 0.5) is 10.2 Å². The van der Waals surface area contributed by atoms with Crippen molar-refractivity contribution in [3.63, 3.8) is 0 Å². The van der Waals surface area contributed by atoms with E-state index in [4.69, 9.17) is 4.42 Å². The highest BCUT2D eigenvalue weighted by Gasteiger charge is 2.88. The summed E-state index contributed by atoms with van der Waals surface area (Å²) < 4.78 is 46.6. The number of anilines is 1. The van der Waals surface area contributed by atoms with Crippen molar-refractivity contribution in [2.45, 2.75) is 25.7 Å². The number of amides is 1. The van der Waals surface area contributed by atoms with Crippen LogP contribution in [0.5, 0.6) is 0 Å². The lowest BCUT2D eigenvalue weighted by molar-refractivity contribution is 0.0919. The predicted octanol–water partition coefficient (Wildman–Crippen LogP) is 5.40. The number of benzene rings is 2. The van der Waals surface area contributed by atoms with Crippen LogP contribution < -0.4 is 10.0 Å². The Labute approximate surface area is 230 Å². The predicted molar refractivity (Wildman–Crippen MR) is 148 cm³/mol. The summed E-state index contributed by atoms with van der Waals surface area (Å²) in [5.41, 5.74) is 2.80. The summed E-state index contributed by atoms with van der Waals surface area (Å²) in [5, 5.41) is 2.95. The normalized spacial score (nSPS) is 24.0. The van der Waals surface area contributed by atoms with Gasteiger partial charge in [-0.15, -0.1) is 0 Å². The van der Waals surface area contributed by atoms with Crippen molar-refractivity contribution in [3.8, 4) is 22.5 Å². The number of pyridine rings is 1. The van der Waals surface area contributed by atoms with Gasteiger partial charge in [0.25, 0.3) is 5.91 Å². The smallest absolute Gasteiger partial charge is 0.255 e. The molecule has 204 valence electrons. The van der Waals surface area contributed by atoms with E-state index in [0.29, 0.717) is 39.5 Å². The second kappa shape index (κ2) is 8.23. The lowest BCUT2D eigenvalue weighted by Crippen LogP contribution is -2.20. The average molecular weight is 560 g/mol. The number of carbonyl (C=O) groups excluding carboxylic acids is 2. The molecular formula is C30H26FN3O5S. The lowest BCUT2D eigenvalue weighted by Gasteiger charge is -2.23. The number of carbonyl (C=O) groups is 2. The molecule has 0 radical (unpaired) electrons. The Hall–Kier alpha value is -4.05. The maximum Gasteiger partial charge on any atom is 0.255 e. The van der Waals surface area contributed by atoms with Gasteiger partial charge in [-0.1, -0.05) is 18.2 Å². The number of hydrogen-bond donors (Lipinski definition) is 2. The number of fused-ring (bicyclic) bond motifs is 1. The zero-order valence-electron chi connectivity index (χ0n) is 21.9. The molecule has 3 saturated carbocycles. The third-order valence-electron chi connectivity index (χ3n) is 8.97. The number of furan rings is 1. The molecule has 3 atom stereocenters. The van der Waals surface area contributed by atoms with Crippen molar-refractivity contribution in [3.05, 3.63) is 71.5 Å². The van der Waals surface area contributed by atoms with Crippen molar-refractivity contribution in [2.75, 3.05) is 18.0 Å². The monoisotopic (exact) mass is 559 g/mol. The van der Waals surface area contributed by atoms with E-state index >= 15 is 0 Å². The first kappa shape index (κ1) is 25.0. The van der Waals surface area contributed by atoms with Gasteiger partial charge in [0.05, 0.1) is 17.2 Å². The summed E-state index contributed by atoms with van der Waals surface area (Å²) in [5.74, 6) is 0.172. The van der Waals surface area contributed by atoms with E-state index in [0.717, 1.165) is 25.0 Å². The zero-order chi connectivity index (χ0) is 28.0. The van der Waals surface area contributed by atoms with Gasteiger partial charge in [0.1, 0.15) is 11.6 Å². The Morgan fingerprint density at radius 1 is 1.10 bits per heavy atom. The Balaban J connectivity index is 1.35. The zero-order valence-corrected chi connectivity index (χ0v) is 22.7. The number of aromatic nitrogens is 1. The molecule has 3 aliphatic rings. The van der Waals surface area contributed by atoms with Crippen molar-refractivity contribution >= 4 is 38.6 Å². The fraction of sp³-hybridized carbons (Fsp3) is 0.300. The Morgan fingerprint density at radius 3 is 2.50 bits per heavy atom. The number of Topliss-reactive ketones (excluding diaryl/α,β-unsaturated/α-hetero) is 1. The van der Waals surface area contributed by atoms with Crippen LogP contribution in [0, 0.1) is 22.6 Å². The first-order valence-corrected chi connectivity index (χ1v) is 15.0. The largest absolute Gasteiger partial charge is 0.437 e. The van der Waals surface area contributed by atoms with Gasteiger partial charge < -0.3 is 9.73 Å². The molecule has 3 aliphatic carbocycles. The van der Waals surface area contributed by atoms with Crippen LogP contribution in [0.1, 0.15) is 46.4 Å². The van der Waals surface area contributed by atoms with Crippen LogP contribution in [0.15, 0.2) is 59.0 Å². The third kappa shape index (κ3) is 3.76. The molecule has 10 heteroatoms. The molecule has 2 N–H and O–H groups in total. The van der Waals surface area contributed by atoms with Crippen LogP contribution in [0.25, 0.3) is 33.6 Å². The topological polar surface area (TPSA) is 118 Å². The van der Waals surface area contributed by atoms with Crippen LogP contribution in [0.3, 0.4) is 0 Å². The van der Waals surface area contributed by atoms with E-state index in [1.807, 2.05) is 0 Å². The quantitative estimate of drug-likeness (QED) is 0.279. The summed E-state index contributed by atoms with van der Waals surface area (Å²) in [6.07, 6.45) is 5.09. The molecule has 8 nitrogen and oxygen atoms in total. The van der Waals surface area contributed by atoms with Gasteiger partial charge in [0.15, 0.2) is 11.6 Å². The Kier molecular flexibility index (Phi) is 5.14. The molecule has 2 aromatic heterocycles. The number of nitrogens with zero attached hydrogens (tertiary/aromatic N) is 1. The van der Waals surface area contributed by atoms with Crippen LogP contribution >= 0.6 is 0 Å². The standard InChI is InChI=1S/C30H26FN3O5S/c1-32-27(36)24-22-11-21(17-4-3-5-18(10-17)23(35)14-29-12-19-13-30(19,29)15-29)26(34-40(2,37)38)33-28(22)39-25(24)16-6-8-20(31)9-7-16/h3-11,19H,12-15H2,1-2H3,(H,32,36)(H,33,34). The number of ketones is 1. The van der Waals surface area contributed by atoms with Crippen LogP contribution in [-0.2, 0) is 10.0 Å². The molecule has 1 amide bonds. The van der Waals surface area contributed by atoms with E-state index < -0.39 is 21.7 Å². The average Bonchev–Trinajstić information content (AvgIpc) is 3.58. The molecule has 0 saturated heterocycles. The van der Waals surface area contributed by atoms with Gasteiger partial charge in [-0.3, -0.25) is 14.3 Å². The van der Waals surface area contributed by atoms with E-state index in [1.54, 1.807) is 30.3 Å². The summed E-state index contributed by atoms with van der Waals surface area (Å²) in [6.45, 7) is 0. The molecule has 4 aromatic rings. The van der Waals surface area contributed by atoms with Crippen molar-refractivity contribution in [1.82, 2.24) is 10.3 Å². The Bertz CT molecular complexity index is 1860. The fourth-order valence-corrected chi connectivity index (χ4v) is 7.43. The maximum atomic E-state index is 13.6. The van der Waals surface area contributed by atoms with Gasteiger partial charge in [0, 0.05) is 30.2 Å².